The van der Waals surface area contributed by atoms with E-state index in [9.17, 15) is 4.79 Å². The highest BCUT2D eigenvalue weighted by Gasteiger charge is 2.15. The lowest BCUT2D eigenvalue weighted by Gasteiger charge is -2.18. The molecule has 0 spiro atoms. The van der Waals surface area contributed by atoms with E-state index in [2.05, 4.69) is 9.97 Å². The van der Waals surface area contributed by atoms with Gasteiger partial charge in [-0.05, 0) is 23.8 Å². The third-order valence-corrected chi connectivity index (χ3v) is 4.54. The Kier molecular flexibility index (Phi) is 5.56. The molecule has 0 saturated carbocycles. The average Bonchev–Trinajstić information content (AvgIpc) is 2.64. The van der Waals surface area contributed by atoms with Gasteiger partial charge in [-0.15, -0.1) is 0 Å². The van der Waals surface area contributed by atoms with Crippen LogP contribution >= 0.6 is 23.2 Å². The van der Waals surface area contributed by atoms with Gasteiger partial charge in [-0.3, -0.25) is 5.01 Å². The second-order valence-electron chi connectivity index (χ2n) is 5.62. The van der Waals surface area contributed by atoms with Crippen molar-refractivity contribution in [1.82, 2.24) is 14.5 Å². The lowest BCUT2D eigenvalue weighted by atomic mass is 10.2. The Morgan fingerprint density at radius 2 is 1.81 bits per heavy atom. The highest BCUT2D eigenvalue weighted by Crippen LogP contribution is 2.24. The summed E-state index contributed by atoms with van der Waals surface area (Å²) in [6.45, 7) is 2.29. The molecule has 0 amide bonds. The summed E-state index contributed by atoms with van der Waals surface area (Å²) >= 11 is 12.0. The van der Waals surface area contributed by atoms with E-state index >= 15 is 0 Å². The predicted octanol–water partition coefficient (Wildman–Crippen LogP) is 3.38. The molecule has 0 atom stereocenters. The van der Waals surface area contributed by atoms with Gasteiger partial charge in [-0.1, -0.05) is 60.5 Å². The molecule has 0 aliphatic carbocycles. The first-order chi connectivity index (χ1) is 12.5. The van der Waals surface area contributed by atoms with Crippen LogP contribution in [0.1, 0.15) is 18.3 Å². The Labute approximate surface area is 160 Å². The molecule has 0 fully saturated rings. The number of nitrogens with two attached hydrogens (primary N) is 1. The first-order valence-electron chi connectivity index (χ1n) is 8.01. The lowest BCUT2D eigenvalue weighted by molar-refractivity contribution is 0.722. The predicted molar refractivity (Wildman–Crippen MR) is 104 cm³/mol. The summed E-state index contributed by atoms with van der Waals surface area (Å²) in [5, 5.41) is 2.12. The molecule has 26 heavy (non-hydrogen) atoms. The summed E-state index contributed by atoms with van der Waals surface area (Å²) in [5.41, 5.74) is 1.07. The van der Waals surface area contributed by atoms with Gasteiger partial charge < -0.3 is 0 Å². The third kappa shape index (κ3) is 3.88. The molecule has 134 valence electrons. The van der Waals surface area contributed by atoms with E-state index < -0.39 is 5.69 Å². The number of benzene rings is 2. The van der Waals surface area contributed by atoms with Gasteiger partial charge in [0.25, 0.3) is 0 Å². The molecule has 0 bridgehead atoms. The number of hydrazine groups is 1. The number of hydrogen-bond donors (Lipinski definition) is 1. The monoisotopic (exact) mass is 389 g/mol. The van der Waals surface area contributed by atoms with Crippen molar-refractivity contribution in [2.45, 2.75) is 19.9 Å². The van der Waals surface area contributed by atoms with Crippen molar-refractivity contribution in [3.8, 4) is 5.69 Å². The van der Waals surface area contributed by atoms with Gasteiger partial charge >= 0.3 is 5.69 Å². The first-order valence-corrected chi connectivity index (χ1v) is 8.76. The summed E-state index contributed by atoms with van der Waals surface area (Å²) in [4.78, 5) is 21.1. The number of aromatic nitrogens is 3. The highest BCUT2D eigenvalue weighted by molar-refractivity contribution is 6.42. The second-order valence-corrected chi connectivity index (χ2v) is 6.44. The molecule has 0 unspecified atom stereocenters. The van der Waals surface area contributed by atoms with Crippen molar-refractivity contribution < 1.29 is 0 Å². The molecule has 3 aromatic rings. The van der Waals surface area contributed by atoms with Gasteiger partial charge in [0.1, 0.15) is 5.82 Å². The standard InChI is InChI=1S/C18H17Cl2N5O/c1-2-16-22-17(24(21)11-12-6-4-3-5-7-12)23-18(26)25(16)13-8-9-14(19)15(20)10-13/h3-10H,2,11,21H2,1H3. The Bertz CT molecular complexity index is 975. The van der Waals surface area contributed by atoms with E-state index in [-0.39, 0.29) is 5.95 Å². The molecule has 0 saturated heterocycles. The maximum atomic E-state index is 12.6. The van der Waals surface area contributed by atoms with E-state index in [4.69, 9.17) is 29.0 Å². The summed E-state index contributed by atoms with van der Waals surface area (Å²) in [7, 11) is 0. The minimum atomic E-state index is -0.478. The van der Waals surface area contributed by atoms with Crippen LogP contribution in [0.5, 0.6) is 0 Å². The number of rotatable bonds is 5. The number of halogens is 2. The Hall–Kier alpha value is -2.41. The van der Waals surface area contributed by atoms with Crippen molar-refractivity contribution in [2.75, 3.05) is 5.01 Å². The molecular weight excluding hydrogens is 373 g/mol. The minimum Gasteiger partial charge on any atom is -0.274 e. The van der Waals surface area contributed by atoms with E-state index in [0.29, 0.717) is 34.5 Å². The number of anilines is 1. The van der Waals surface area contributed by atoms with Gasteiger partial charge in [0.2, 0.25) is 5.95 Å². The lowest BCUT2D eigenvalue weighted by Crippen LogP contribution is -2.36. The van der Waals surface area contributed by atoms with Crippen LogP contribution in [-0.4, -0.2) is 14.5 Å². The fraction of sp³-hybridized carbons (Fsp3) is 0.167. The summed E-state index contributed by atoms with van der Waals surface area (Å²) in [6, 6.07) is 14.6. The van der Waals surface area contributed by atoms with E-state index in [1.807, 2.05) is 37.3 Å². The van der Waals surface area contributed by atoms with Crippen molar-refractivity contribution in [3.05, 3.63) is 80.4 Å². The highest BCUT2D eigenvalue weighted by atomic mass is 35.5. The smallest absolute Gasteiger partial charge is 0.274 e. The number of hydrogen-bond acceptors (Lipinski definition) is 5. The van der Waals surface area contributed by atoms with Gasteiger partial charge in [0.15, 0.2) is 0 Å². The molecule has 6 nitrogen and oxygen atoms in total. The van der Waals surface area contributed by atoms with E-state index in [0.717, 1.165) is 5.56 Å². The third-order valence-electron chi connectivity index (χ3n) is 3.80. The van der Waals surface area contributed by atoms with Crippen molar-refractivity contribution >= 4 is 29.2 Å². The maximum Gasteiger partial charge on any atom is 0.356 e. The Morgan fingerprint density at radius 1 is 1.08 bits per heavy atom. The van der Waals surface area contributed by atoms with Crippen LogP contribution in [0.2, 0.25) is 10.0 Å². The van der Waals surface area contributed by atoms with Gasteiger partial charge in [0.05, 0.1) is 22.3 Å². The maximum absolute atomic E-state index is 12.6. The molecule has 1 aromatic heterocycles. The molecule has 0 aliphatic heterocycles. The largest absolute Gasteiger partial charge is 0.356 e. The van der Waals surface area contributed by atoms with Gasteiger partial charge in [-0.25, -0.2) is 15.2 Å². The molecular formula is C18H17Cl2N5O. The van der Waals surface area contributed by atoms with Crippen molar-refractivity contribution in [2.24, 2.45) is 5.84 Å². The molecule has 8 heteroatoms. The zero-order valence-electron chi connectivity index (χ0n) is 14.1. The van der Waals surface area contributed by atoms with Crippen LogP contribution in [-0.2, 0) is 13.0 Å². The zero-order valence-corrected chi connectivity index (χ0v) is 15.6. The average molecular weight is 390 g/mol. The van der Waals surface area contributed by atoms with Crippen LogP contribution in [0.4, 0.5) is 5.95 Å². The van der Waals surface area contributed by atoms with E-state index in [1.165, 1.54) is 9.58 Å². The second kappa shape index (κ2) is 7.86. The quantitative estimate of drug-likeness (QED) is 0.534. The van der Waals surface area contributed by atoms with Gasteiger partial charge in [-0.2, -0.15) is 9.97 Å². The summed E-state index contributed by atoms with van der Waals surface area (Å²) in [5.74, 6) is 6.78. The number of aryl methyl sites for hydroxylation is 1. The molecule has 0 radical (unpaired) electrons. The van der Waals surface area contributed by atoms with Crippen LogP contribution in [0.15, 0.2) is 53.3 Å². The minimum absolute atomic E-state index is 0.173. The van der Waals surface area contributed by atoms with Crippen LogP contribution in [0.25, 0.3) is 5.69 Å². The fourth-order valence-corrected chi connectivity index (χ4v) is 2.83. The Balaban J connectivity index is 1.99. The van der Waals surface area contributed by atoms with Crippen LogP contribution in [0, 0.1) is 0 Å². The van der Waals surface area contributed by atoms with E-state index in [1.54, 1.807) is 18.2 Å². The Morgan fingerprint density at radius 3 is 2.46 bits per heavy atom. The summed E-state index contributed by atoms with van der Waals surface area (Å²) in [6.07, 6.45) is 0.518. The zero-order chi connectivity index (χ0) is 18.7. The number of nitrogens with zero attached hydrogens (tertiary/aromatic N) is 4. The topological polar surface area (TPSA) is 77.0 Å². The normalized spacial score (nSPS) is 10.8. The summed E-state index contributed by atoms with van der Waals surface area (Å²) < 4.78 is 1.40. The molecule has 0 aliphatic rings. The molecule has 3 rings (SSSR count). The van der Waals surface area contributed by atoms with Crippen LogP contribution < -0.4 is 16.5 Å². The fourth-order valence-electron chi connectivity index (χ4n) is 2.54. The van der Waals surface area contributed by atoms with Crippen molar-refractivity contribution in [1.29, 1.82) is 0 Å². The van der Waals surface area contributed by atoms with Gasteiger partial charge in [0, 0.05) is 6.42 Å². The molecule has 1 heterocycles. The molecule has 2 aromatic carbocycles. The molecule has 2 N–H and O–H groups in total. The van der Waals surface area contributed by atoms with Crippen molar-refractivity contribution in [3.63, 3.8) is 0 Å². The first kappa shape index (κ1) is 18.4. The van der Waals surface area contributed by atoms with Crippen LogP contribution in [0.3, 0.4) is 0 Å². The SMILES string of the molecule is CCc1nc(N(N)Cc2ccccc2)nc(=O)n1-c1ccc(Cl)c(Cl)c1.